The minimum atomic E-state index is -1.82. The lowest BCUT2D eigenvalue weighted by molar-refractivity contribution is -0.0620. The number of hydrogen-bond acceptors (Lipinski definition) is 8. The maximum atomic E-state index is 14.5. The Hall–Kier alpha value is -3.17. The van der Waals surface area contributed by atoms with Gasteiger partial charge >= 0.3 is 12.3 Å². The van der Waals surface area contributed by atoms with Gasteiger partial charge in [-0.25, -0.2) is 14.0 Å². The molecule has 1 fully saturated rings. The summed E-state index contributed by atoms with van der Waals surface area (Å²) < 4.78 is 39.8. The molecule has 3 rings (SSSR count). The fourth-order valence-corrected chi connectivity index (χ4v) is 2.98. The highest BCUT2D eigenvalue weighted by atomic mass is 19.1. The molecule has 0 radical (unpaired) electrons. The van der Waals surface area contributed by atoms with E-state index < -0.39 is 50.0 Å². The summed E-state index contributed by atoms with van der Waals surface area (Å²) in [6.45, 7) is -1.11. The summed E-state index contributed by atoms with van der Waals surface area (Å²) in [7, 11) is 0. The largest absolute Gasteiger partial charge is 0.509 e. The summed E-state index contributed by atoms with van der Waals surface area (Å²) in [6, 6.07) is 17.9. The molecule has 0 aromatic heterocycles. The highest BCUT2D eigenvalue weighted by molar-refractivity contribution is 5.61. The first-order valence-corrected chi connectivity index (χ1v) is 9.68. The number of carbonyl (C=O) groups is 2. The van der Waals surface area contributed by atoms with E-state index in [1.54, 1.807) is 48.5 Å². The highest BCUT2D eigenvalue weighted by Gasteiger charge is 2.48. The fourth-order valence-electron chi connectivity index (χ4n) is 2.98. The molecule has 166 valence electrons. The Bertz CT molecular complexity index is 832. The van der Waals surface area contributed by atoms with Gasteiger partial charge in [-0.05, 0) is 11.1 Å². The Balaban J connectivity index is 1.48. The minimum Gasteiger partial charge on any atom is -0.431 e. The number of alkyl halides is 1. The van der Waals surface area contributed by atoms with Crippen LogP contribution in [0.5, 0.6) is 0 Å². The summed E-state index contributed by atoms with van der Waals surface area (Å²) in [5, 5.41) is 9.28. The Labute approximate surface area is 178 Å². The van der Waals surface area contributed by atoms with Gasteiger partial charge < -0.3 is 28.8 Å². The number of aliphatic hydroxyl groups is 1. The summed E-state index contributed by atoms with van der Waals surface area (Å²) in [5.41, 5.74) is 1.50. The van der Waals surface area contributed by atoms with Gasteiger partial charge in [0, 0.05) is 0 Å². The Morgan fingerprint density at radius 3 is 1.94 bits per heavy atom. The van der Waals surface area contributed by atoms with Crippen LogP contribution < -0.4 is 0 Å². The van der Waals surface area contributed by atoms with Crippen molar-refractivity contribution in [1.82, 2.24) is 0 Å². The zero-order valence-corrected chi connectivity index (χ0v) is 16.6. The summed E-state index contributed by atoms with van der Waals surface area (Å²) in [5.74, 6) is 0. The first-order chi connectivity index (χ1) is 15.1. The fraction of sp³-hybridized carbons (Fsp3) is 0.364. The molecule has 1 unspecified atom stereocenters. The molecule has 0 saturated carbocycles. The second-order valence-corrected chi connectivity index (χ2v) is 6.78. The second kappa shape index (κ2) is 11.3. The third kappa shape index (κ3) is 6.66. The Kier molecular flexibility index (Phi) is 8.19. The van der Waals surface area contributed by atoms with Crippen LogP contribution in [-0.4, -0.2) is 55.1 Å². The van der Waals surface area contributed by atoms with Crippen molar-refractivity contribution in [3.8, 4) is 0 Å². The smallest absolute Gasteiger partial charge is 0.431 e. The van der Waals surface area contributed by atoms with Gasteiger partial charge in [-0.3, -0.25) is 0 Å². The molecular formula is C22H23FO8. The molecule has 1 heterocycles. The topological polar surface area (TPSA) is 101 Å². The maximum Gasteiger partial charge on any atom is 0.509 e. The average Bonchev–Trinajstić information content (AvgIpc) is 3.10. The molecule has 2 aromatic carbocycles. The van der Waals surface area contributed by atoms with Crippen molar-refractivity contribution in [1.29, 1.82) is 0 Å². The molecule has 0 amide bonds. The number of carbonyl (C=O) groups excluding carboxylic acids is 2. The van der Waals surface area contributed by atoms with Crippen molar-refractivity contribution in [3.05, 3.63) is 71.8 Å². The Morgan fingerprint density at radius 1 is 0.839 bits per heavy atom. The van der Waals surface area contributed by atoms with Crippen molar-refractivity contribution >= 4 is 12.3 Å². The van der Waals surface area contributed by atoms with Gasteiger partial charge in [0.05, 0.1) is 6.61 Å². The third-order valence-electron chi connectivity index (χ3n) is 4.56. The van der Waals surface area contributed by atoms with Crippen molar-refractivity contribution < 1.29 is 42.8 Å². The van der Waals surface area contributed by atoms with Gasteiger partial charge in [0.1, 0.15) is 32.0 Å². The quantitative estimate of drug-likeness (QED) is 0.633. The van der Waals surface area contributed by atoms with Crippen LogP contribution >= 0.6 is 0 Å². The van der Waals surface area contributed by atoms with Crippen LogP contribution in [0.25, 0.3) is 0 Å². The number of rotatable bonds is 8. The van der Waals surface area contributed by atoms with E-state index in [2.05, 4.69) is 0 Å². The van der Waals surface area contributed by atoms with Crippen molar-refractivity contribution in [2.75, 3.05) is 13.2 Å². The van der Waals surface area contributed by atoms with Crippen molar-refractivity contribution in [3.63, 3.8) is 0 Å². The molecule has 0 spiro atoms. The number of benzene rings is 2. The van der Waals surface area contributed by atoms with E-state index in [0.717, 1.165) is 11.1 Å². The second-order valence-electron chi connectivity index (χ2n) is 6.78. The van der Waals surface area contributed by atoms with Crippen molar-refractivity contribution in [2.45, 2.75) is 37.7 Å². The summed E-state index contributed by atoms with van der Waals surface area (Å²) in [6.07, 6.45) is -7.66. The molecule has 1 saturated heterocycles. The van der Waals surface area contributed by atoms with Gasteiger partial charge in [0.2, 0.25) is 0 Å². The van der Waals surface area contributed by atoms with Gasteiger partial charge in [0.15, 0.2) is 12.3 Å². The van der Waals surface area contributed by atoms with E-state index in [-0.39, 0.29) is 13.2 Å². The van der Waals surface area contributed by atoms with Crippen LogP contribution in [0.3, 0.4) is 0 Å². The van der Waals surface area contributed by atoms with Crippen LogP contribution in [0.1, 0.15) is 11.1 Å². The molecule has 1 aliphatic rings. The molecule has 0 aliphatic carbocycles. The lowest BCUT2D eigenvalue weighted by Gasteiger charge is -2.19. The average molecular weight is 434 g/mol. The molecule has 1 aliphatic heterocycles. The van der Waals surface area contributed by atoms with Crippen molar-refractivity contribution in [2.24, 2.45) is 0 Å². The lowest BCUT2D eigenvalue weighted by Crippen LogP contribution is -2.37. The number of ether oxygens (including phenoxy) is 5. The van der Waals surface area contributed by atoms with Gasteiger partial charge in [-0.1, -0.05) is 60.7 Å². The predicted molar refractivity (Wildman–Crippen MR) is 105 cm³/mol. The van der Waals surface area contributed by atoms with E-state index in [1.165, 1.54) is 0 Å². The first kappa shape index (κ1) is 22.5. The van der Waals surface area contributed by atoms with Crippen LogP contribution in [0, 0.1) is 0 Å². The molecule has 9 heteroatoms. The Morgan fingerprint density at radius 2 is 1.39 bits per heavy atom. The molecule has 0 bridgehead atoms. The molecule has 1 N–H and O–H groups in total. The number of halogens is 1. The van der Waals surface area contributed by atoms with Gasteiger partial charge in [-0.2, -0.15) is 0 Å². The summed E-state index contributed by atoms with van der Waals surface area (Å²) in [4.78, 5) is 23.8. The van der Waals surface area contributed by atoms with E-state index in [1.807, 2.05) is 12.1 Å². The van der Waals surface area contributed by atoms with Gasteiger partial charge in [0.25, 0.3) is 0 Å². The normalized spacial score (nSPS) is 22.5. The van der Waals surface area contributed by atoms with E-state index >= 15 is 0 Å². The zero-order chi connectivity index (χ0) is 22.1. The standard InChI is InChI=1S/C22H23FO8/c23-19-17(11-24)30-18(14-29-21(25)27-12-15-7-3-1-4-8-15)20(19)31-22(26)28-13-16-9-5-2-6-10-16/h1-10,17-20,24H,11-14H2/t17?,18-,19-,20-/m1/s1. The summed E-state index contributed by atoms with van der Waals surface area (Å²) >= 11 is 0. The predicted octanol–water partition coefficient (Wildman–Crippen LogP) is 3.16. The van der Waals surface area contributed by atoms with E-state index in [0.29, 0.717) is 0 Å². The molecular weight excluding hydrogens is 411 g/mol. The van der Waals surface area contributed by atoms with E-state index in [9.17, 15) is 19.1 Å². The first-order valence-electron chi connectivity index (χ1n) is 9.68. The zero-order valence-electron chi connectivity index (χ0n) is 16.6. The molecule has 2 aromatic rings. The lowest BCUT2D eigenvalue weighted by atomic mass is 10.1. The third-order valence-corrected chi connectivity index (χ3v) is 4.56. The van der Waals surface area contributed by atoms with Gasteiger partial charge in [-0.15, -0.1) is 0 Å². The SMILES string of the molecule is O=C(OCc1ccccc1)OC[C@H]1OC(CO)[C@@H](F)[C@@H]1OC(=O)OCc1ccccc1. The van der Waals surface area contributed by atoms with E-state index in [4.69, 9.17) is 23.7 Å². The van der Waals surface area contributed by atoms with Crippen LogP contribution in [0.15, 0.2) is 60.7 Å². The monoisotopic (exact) mass is 434 g/mol. The van der Waals surface area contributed by atoms with Crippen LogP contribution in [0.4, 0.5) is 14.0 Å². The minimum absolute atomic E-state index is 0.00192. The number of hydrogen-bond donors (Lipinski definition) is 1. The highest BCUT2D eigenvalue weighted by Crippen LogP contribution is 2.27. The van der Waals surface area contributed by atoms with Crippen LogP contribution in [0.2, 0.25) is 0 Å². The maximum absolute atomic E-state index is 14.5. The van der Waals surface area contributed by atoms with Crippen LogP contribution in [-0.2, 0) is 36.9 Å². The molecule has 8 nitrogen and oxygen atoms in total. The molecule has 4 atom stereocenters. The molecule has 31 heavy (non-hydrogen) atoms. The number of aliphatic hydroxyl groups excluding tert-OH is 1.